The molecule has 1 atom stereocenters. The third-order valence-corrected chi connectivity index (χ3v) is 7.32. The molecule has 1 unspecified atom stereocenters. The van der Waals surface area contributed by atoms with Crippen LogP contribution in [0.25, 0.3) is 10.2 Å². The van der Waals surface area contributed by atoms with E-state index in [9.17, 15) is 4.79 Å². The SMILES string of the molecule is Cc1sc2ncnc(N3CCC(C(=O)NC(C)c4cnn(C)c4C)CC3)c2c1C. The largest absolute Gasteiger partial charge is 0.356 e. The number of aromatic nitrogens is 4. The van der Waals surface area contributed by atoms with E-state index >= 15 is 0 Å². The summed E-state index contributed by atoms with van der Waals surface area (Å²) >= 11 is 1.72. The number of rotatable bonds is 4. The molecule has 154 valence electrons. The number of nitrogens with one attached hydrogen (secondary N) is 1. The van der Waals surface area contributed by atoms with Crippen LogP contribution in [-0.4, -0.2) is 38.7 Å². The van der Waals surface area contributed by atoms with Gasteiger partial charge in [-0.3, -0.25) is 9.48 Å². The number of hydrogen-bond donors (Lipinski definition) is 1. The number of carbonyl (C=O) groups excluding carboxylic acids is 1. The van der Waals surface area contributed by atoms with Gasteiger partial charge in [0.05, 0.1) is 17.6 Å². The highest BCUT2D eigenvalue weighted by molar-refractivity contribution is 7.18. The summed E-state index contributed by atoms with van der Waals surface area (Å²) in [7, 11) is 1.92. The molecule has 0 aliphatic carbocycles. The van der Waals surface area contributed by atoms with Crippen LogP contribution in [0.15, 0.2) is 12.5 Å². The van der Waals surface area contributed by atoms with E-state index in [1.54, 1.807) is 17.7 Å². The van der Waals surface area contributed by atoms with Crippen LogP contribution in [-0.2, 0) is 11.8 Å². The zero-order valence-corrected chi connectivity index (χ0v) is 18.5. The molecule has 3 aromatic heterocycles. The van der Waals surface area contributed by atoms with Crippen molar-refractivity contribution in [2.24, 2.45) is 13.0 Å². The highest BCUT2D eigenvalue weighted by atomic mass is 32.1. The molecule has 1 fully saturated rings. The molecule has 0 radical (unpaired) electrons. The predicted molar refractivity (Wildman–Crippen MR) is 116 cm³/mol. The summed E-state index contributed by atoms with van der Waals surface area (Å²) in [6.07, 6.45) is 5.16. The van der Waals surface area contributed by atoms with Crippen LogP contribution >= 0.6 is 11.3 Å². The molecular weight excluding hydrogens is 384 g/mol. The fourth-order valence-corrected chi connectivity index (χ4v) is 5.10. The third-order valence-electron chi connectivity index (χ3n) is 6.21. The van der Waals surface area contributed by atoms with Gasteiger partial charge in [-0.25, -0.2) is 9.97 Å². The number of anilines is 1. The first kappa shape index (κ1) is 19.8. The second-order valence-corrected chi connectivity index (χ2v) is 9.16. The van der Waals surface area contributed by atoms with Gasteiger partial charge in [0.1, 0.15) is 17.0 Å². The zero-order valence-electron chi connectivity index (χ0n) is 17.7. The fourth-order valence-electron chi connectivity index (χ4n) is 4.11. The Bertz CT molecular complexity index is 1050. The number of hydrogen-bond acceptors (Lipinski definition) is 6. The summed E-state index contributed by atoms with van der Waals surface area (Å²) in [6.45, 7) is 9.99. The van der Waals surface area contributed by atoms with Crippen LogP contribution in [0.2, 0.25) is 0 Å². The Kier molecular flexibility index (Phi) is 5.29. The lowest BCUT2D eigenvalue weighted by Gasteiger charge is -2.33. The van der Waals surface area contributed by atoms with Crippen molar-refractivity contribution in [2.45, 2.75) is 46.6 Å². The molecule has 1 saturated heterocycles. The Morgan fingerprint density at radius 2 is 1.97 bits per heavy atom. The van der Waals surface area contributed by atoms with E-state index in [0.717, 1.165) is 47.8 Å². The molecular formula is C21H28N6OS. The third kappa shape index (κ3) is 3.61. The van der Waals surface area contributed by atoms with Gasteiger partial charge in [0.2, 0.25) is 5.91 Å². The number of thiophene rings is 1. The van der Waals surface area contributed by atoms with Gasteiger partial charge >= 0.3 is 0 Å². The molecule has 0 bridgehead atoms. The summed E-state index contributed by atoms with van der Waals surface area (Å²) in [5.74, 6) is 1.18. The van der Waals surface area contributed by atoms with E-state index in [-0.39, 0.29) is 17.9 Å². The average Bonchev–Trinajstić information content (AvgIpc) is 3.20. The minimum absolute atomic E-state index is 0.0350. The van der Waals surface area contributed by atoms with Gasteiger partial charge in [0.25, 0.3) is 0 Å². The topological polar surface area (TPSA) is 75.9 Å². The monoisotopic (exact) mass is 412 g/mol. The summed E-state index contributed by atoms with van der Waals surface area (Å²) < 4.78 is 1.84. The molecule has 1 aliphatic heterocycles. The highest BCUT2D eigenvalue weighted by Crippen LogP contribution is 2.35. The molecule has 1 aliphatic rings. The maximum absolute atomic E-state index is 12.8. The fraction of sp³-hybridized carbons (Fsp3) is 0.524. The van der Waals surface area contributed by atoms with Gasteiger partial charge in [0.15, 0.2) is 0 Å². The predicted octanol–water partition coefficient (Wildman–Crippen LogP) is 3.44. The average molecular weight is 413 g/mol. The summed E-state index contributed by atoms with van der Waals surface area (Å²) in [5, 5.41) is 8.63. The van der Waals surface area contributed by atoms with Crippen molar-refractivity contribution in [3.8, 4) is 0 Å². The Morgan fingerprint density at radius 1 is 1.24 bits per heavy atom. The van der Waals surface area contributed by atoms with E-state index in [0.29, 0.717) is 0 Å². The number of nitrogens with zero attached hydrogens (tertiary/aromatic N) is 5. The van der Waals surface area contributed by atoms with Gasteiger partial charge in [-0.05, 0) is 46.1 Å². The molecule has 3 aromatic rings. The van der Waals surface area contributed by atoms with E-state index in [2.05, 4.69) is 39.1 Å². The molecule has 1 N–H and O–H groups in total. The zero-order chi connectivity index (χ0) is 20.7. The molecule has 4 rings (SSSR count). The van der Waals surface area contributed by atoms with Crippen molar-refractivity contribution in [3.05, 3.63) is 34.2 Å². The molecule has 1 amide bonds. The van der Waals surface area contributed by atoms with Crippen molar-refractivity contribution in [3.63, 3.8) is 0 Å². The Balaban J connectivity index is 1.42. The first-order valence-electron chi connectivity index (χ1n) is 10.1. The second kappa shape index (κ2) is 7.74. The molecule has 0 saturated carbocycles. The van der Waals surface area contributed by atoms with Crippen LogP contribution in [0.3, 0.4) is 0 Å². The number of aryl methyl sites for hydroxylation is 3. The molecule has 0 spiro atoms. The lowest BCUT2D eigenvalue weighted by molar-refractivity contribution is -0.126. The number of carbonyl (C=O) groups is 1. The smallest absolute Gasteiger partial charge is 0.223 e. The standard InChI is InChI=1S/C21H28N6OS/c1-12-15(4)29-21-18(12)19(22-11-23-21)27-8-6-16(7-9-27)20(28)25-13(2)17-10-24-26(5)14(17)3/h10-11,13,16H,6-9H2,1-5H3,(H,25,28). The minimum Gasteiger partial charge on any atom is -0.356 e. The maximum Gasteiger partial charge on any atom is 0.223 e. The van der Waals surface area contributed by atoms with Crippen LogP contribution in [0, 0.1) is 26.7 Å². The Morgan fingerprint density at radius 3 is 2.62 bits per heavy atom. The van der Waals surface area contributed by atoms with Crippen LogP contribution in [0.4, 0.5) is 5.82 Å². The molecule has 29 heavy (non-hydrogen) atoms. The normalized spacial score (nSPS) is 16.4. The van der Waals surface area contributed by atoms with Gasteiger partial charge in [-0.1, -0.05) is 0 Å². The summed E-state index contributed by atoms with van der Waals surface area (Å²) in [6, 6.07) is -0.0350. The lowest BCUT2D eigenvalue weighted by Crippen LogP contribution is -2.41. The summed E-state index contributed by atoms with van der Waals surface area (Å²) in [5.41, 5.74) is 3.42. The van der Waals surface area contributed by atoms with Crippen molar-refractivity contribution in [2.75, 3.05) is 18.0 Å². The molecule has 8 heteroatoms. The molecule has 7 nitrogen and oxygen atoms in total. The lowest BCUT2D eigenvalue weighted by atomic mass is 9.95. The van der Waals surface area contributed by atoms with Crippen molar-refractivity contribution >= 4 is 33.3 Å². The first-order valence-corrected chi connectivity index (χ1v) is 10.9. The Labute approximate surface area is 175 Å². The minimum atomic E-state index is -0.0350. The van der Waals surface area contributed by atoms with E-state index in [4.69, 9.17) is 0 Å². The van der Waals surface area contributed by atoms with Crippen molar-refractivity contribution < 1.29 is 4.79 Å². The Hall–Kier alpha value is -2.48. The number of piperidine rings is 1. The van der Waals surface area contributed by atoms with Gasteiger partial charge in [0, 0.05) is 42.2 Å². The highest BCUT2D eigenvalue weighted by Gasteiger charge is 2.28. The van der Waals surface area contributed by atoms with E-state index in [1.807, 2.05) is 31.8 Å². The maximum atomic E-state index is 12.8. The van der Waals surface area contributed by atoms with Gasteiger partial charge in [-0.15, -0.1) is 11.3 Å². The van der Waals surface area contributed by atoms with Gasteiger partial charge < -0.3 is 10.2 Å². The van der Waals surface area contributed by atoms with Crippen molar-refractivity contribution in [1.29, 1.82) is 0 Å². The second-order valence-electron chi connectivity index (χ2n) is 7.96. The molecule has 4 heterocycles. The van der Waals surface area contributed by atoms with E-state index in [1.165, 1.54) is 15.8 Å². The van der Waals surface area contributed by atoms with Crippen LogP contribution in [0.5, 0.6) is 0 Å². The first-order chi connectivity index (χ1) is 13.9. The van der Waals surface area contributed by atoms with Crippen LogP contribution in [0.1, 0.15) is 47.5 Å². The summed E-state index contributed by atoms with van der Waals surface area (Å²) in [4.78, 5) is 26.5. The molecule has 0 aromatic carbocycles. The number of amides is 1. The van der Waals surface area contributed by atoms with Crippen molar-refractivity contribution in [1.82, 2.24) is 25.1 Å². The quantitative estimate of drug-likeness (QED) is 0.710. The number of fused-ring (bicyclic) bond motifs is 1. The van der Waals surface area contributed by atoms with Crippen LogP contribution < -0.4 is 10.2 Å². The van der Waals surface area contributed by atoms with Gasteiger partial charge in [-0.2, -0.15) is 5.10 Å². The van der Waals surface area contributed by atoms with E-state index < -0.39 is 0 Å².